The quantitative estimate of drug-likeness (QED) is 0.646. The van der Waals surface area contributed by atoms with Crippen LogP contribution >= 0.6 is 11.6 Å². The van der Waals surface area contributed by atoms with Crippen molar-refractivity contribution in [2.24, 2.45) is 0 Å². The molecule has 7 heteroatoms. The molecule has 0 bridgehead atoms. The Kier molecular flexibility index (Phi) is 7.70. The van der Waals surface area contributed by atoms with Crippen molar-refractivity contribution >= 4 is 29.2 Å². The molecule has 3 amide bonds. The smallest absolute Gasteiger partial charge is 0.319 e. The summed E-state index contributed by atoms with van der Waals surface area (Å²) in [6.45, 7) is 7.73. The molecule has 0 saturated heterocycles. The Bertz CT molecular complexity index is 822. The highest BCUT2D eigenvalue weighted by Crippen LogP contribution is 2.21. The number of hydrogen-bond donors (Lipinski definition) is 3. The van der Waals surface area contributed by atoms with E-state index in [9.17, 15) is 9.59 Å². The van der Waals surface area contributed by atoms with E-state index in [0.717, 1.165) is 11.1 Å². The molecule has 150 valence electrons. The predicted molar refractivity (Wildman–Crippen MR) is 112 cm³/mol. The van der Waals surface area contributed by atoms with Crippen molar-refractivity contribution in [1.29, 1.82) is 0 Å². The summed E-state index contributed by atoms with van der Waals surface area (Å²) in [4.78, 5) is 23.9. The van der Waals surface area contributed by atoms with Crippen LogP contribution in [0.15, 0.2) is 42.5 Å². The van der Waals surface area contributed by atoms with Crippen LogP contribution in [0.4, 0.5) is 10.5 Å². The number of urea groups is 1. The monoisotopic (exact) mass is 403 g/mol. The van der Waals surface area contributed by atoms with Crippen LogP contribution in [-0.4, -0.2) is 24.1 Å². The number of nitrogens with one attached hydrogen (secondary N) is 3. The number of rotatable bonds is 7. The van der Waals surface area contributed by atoms with Crippen LogP contribution in [0.2, 0.25) is 5.02 Å². The highest BCUT2D eigenvalue weighted by atomic mass is 35.5. The van der Waals surface area contributed by atoms with Crippen LogP contribution in [0.3, 0.4) is 0 Å². The van der Waals surface area contributed by atoms with Crippen LogP contribution < -0.4 is 20.7 Å². The molecule has 2 rings (SSSR count). The summed E-state index contributed by atoms with van der Waals surface area (Å²) < 4.78 is 5.67. The Morgan fingerprint density at radius 3 is 2.36 bits per heavy atom. The number of hydrogen-bond acceptors (Lipinski definition) is 3. The zero-order valence-corrected chi connectivity index (χ0v) is 17.3. The summed E-state index contributed by atoms with van der Waals surface area (Å²) in [7, 11) is 0. The summed E-state index contributed by atoms with van der Waals surface area (Å²) in [6.07, 6.45) is -0.638. The van der Waals surface area contributed by atoms with Crippen molar-refractivity contribution in [3.05, 3.63) is 58.6 Å². The average Bonchev–Trinajstić information content (AvgIpc) is 2.63. The lowest BCUT2D eigenvalue weighted by Crippen LogP contribution is -2.36. The van der Waals surface area contributed by atoms with E-state index in [1.807, 2.05) is 32.9 Å². The van der Waals surface area contributed by atoms with E-state index in [4.69, 9.17) is 16.3 Å². The predicted octanol–water partition coefficient (Wildman–Crippen LogP) is 4.26. The summed E-state index contributed by atoms with van der Waals surface area (Å²) in [5.74, 6) is 0.380. The van der Waals surface area contributed by atoms with E-state index >= 15 is 0 Å². The number of carbonyl (C=O) groups excluding carboxylic acids is 2. The summed E-state index contributed by atoms with van der Waals surface area (Å²) >= 11 is 6.00. The fourth-order valence-electron chi connectivity index (χ4n) is 2.42. The fourth-order valence-corrected chi connectivity index (χ4v) is 2.53. The van der Waals surface area contributed by atoms with Crippen LogP contribution in [0.25, 0.3) is 0 Å². The third-order valence-corrected chi connectivity index (χ3v) is 4.33. The van der Waals surface area contributed by atoms with E-state index in [0.29, 0.717) is 23.0 Å². The zero-order valence-electron chi connectivity index (χ0n) is 16.5. The number of aryl methyl sites for hydroxylation is 1. The first-order valence-electron chi connectivity index (χ1n) is 9.11. The van der Waals surface area contributed by atoms with E-state index in [1.165, 1.54) is 0 Å². The molecule has 0 aliphatic carbocycles. The molecule has 0 heterocycles. The van der Waals surface area contributed by atoms with E-state index in [-0.39, 0.29) is 18.0 Å². The normalized spacial score (nSPS) is 11.6. The van der Waals surface area contributed by atoms with Crippen LogP contribution in [0.5, 0.6) is 5.75 Å². The molecule has 28 heavy (non-hydrogen) atoms. The maximum absolute atomic E-state index is 12.3. The number of ether oxygens (including phenoxy) is 1. The number of halogens is 1. The first-order chi connectivity index (χ1) is 13.2. The van der Waals surface area contributed by atoms with Crippen molar-refractivity contribution in [2.45, 2.75) is 46.4 Å². The van der Waals surface area contributed by atoms with Crippen molar-refractivity contribution in [1.82, 2.24) is 10.6 Å². The maximum Gasteiger partial charge on any atom is 0.319 e. The van der Waals surface area contributed by atoms with E-state index in [2.05, 4.69) is 16.0 Å². The van der Waals surface area contributed by atoms with Gasteiger partial charge in [0.05, 0.1) is 0 Å². The molecule has 2 aromatic rings. The molecule has 0 aliphatic rings. The molecular formula is C21H26ClN3O3. The number of anilines is 1. The van der Waals surface area contributed by atoms with Gasteiger partial charge >= 0.3 is 6.03 Å². The minimum absolute atomic E-state index is 0.0653. The maximum atomic E-state index is 12.3. The third kappa shape index (κ3) is 6.78. The molecule has 3 N–H and O–H groups in total. The second-order valence-electron chi connectivity index (χ2n) is 6.84. The van der Waals surface area contributed by atoms with E-state index < -0.39 is 6.10 Å². The van der Waals surface area contributed by atoms with Gasteiger partial charge in [-0.25, -0.2) is 4.79 Å². The molecule has 0 radical (unpaired) electrons. The van der Waals surface area contributed by atoms with Crippen LogP contribution in [0.1, 0.15) is 31.9 Å². The lowest BCUT2D eigenvalue weighted by Gasteiger charge is -2.15. The minimum Gasteiger partial charge on any atom is -0.481 e. The Hall–Kier alpha value is -2.73. The van der Waals surface area contributed by atoms with Gasteiger partial charge < -0.3 is 20.7 Å². The van der Waals surface area contributed by atoms with Gasteiger partial charge in [-0.2, -0.15) is 0 Å². The molecular weight excluding hydrogens is 378 g/mol. The summed E-state index contributed by atoms with van der Waals surface area (Å²) in [5.41, 5.74) is 2.49. The van der Waals surface area contributed by atoms with E-state index in [1.54, 1.807) is 37.3 Å². The molecule has 1 atom stereocenters. The number of amides is 3. The van der Waals surface area contributed by atoms with Gasteiger partial charge in [-0.3, -0.25) is 4.79 Å². The van der Waals surface area contributed by atoms with Gasteiger partial charge in [-0.05, 0) is 69.2 Å². The highest BCUT2D eigenvalue weighted by molar-refractivity contribution is 6.31. The third-order valence-electron chi connectivity index (χ3n) is 3.91. The first kappa shape index (κ1) is 21.6. The number of carbonyl (C=O) groups is 2. The van der Waals surface area contributed by atoms with Gasteiger partial charge in [0.2, 0.25) is 0 Å². The number of benzene rings is 2. The Labute approximate surface area is 170 Å². The summed E-state index contributed by atoms with van der Waals surface area (Å²) in [5, 5.41) is 9.01. The fraction of sp³-hybridized carbons (Fsp3) is 0.333. The van der Waals surface area contributed by atoms with Gasteiger partial charge in [-0.15, -0.1) is 0 Å². The zero-order chi connectivity index (χ0) is 20.7. The van der Waals surface area contributed by atoms with Crippen molar-refractivity contribution < 1.29 is 14.3 Å². The second kappa shape index (κ2) is 9.99. The molecule has 0 aromatic heterocycles. The van der Waals surface area contributed by atoms with Gasteiger partial charge in [0.15, 0.2) is 6.10 Å². The Morgan fingerprint density at radius 1 is 1.07 bits per heavy atom. The van der Waals surface area contributed by atoms with Gasteiger partial charge in [0.25, 0.3) is 5.91 Å². The lowest BCUT2D eigenvalue weighted by molar-refractivity contribution is -0.127. The largest absolute Gasteiger partial charge is 0.481 e. The Morgan fingerprint density at radius 2 is 1.75 bits per heavy atom. The highest BCUT2D eigenvalue weighted by Gasteiger charge is 2.14. The first-order valence-corrected chi connectivity index (χ1v) is 9.49. The molecule has 0 saturated carbocycles. The van der Waals surface area contributed by atoms with Gasteiger partial charge in [-0.1, -0.05) is 23.7 Å². The van der Waals surface area contributed by atoms with Gasteiger partial charge in [0.1, 0.15) is 5.75 Å². The standard InChI is InChI=1S/C21H26ClN3O3/c1-13(2)24-21(27)25-17-7-5-16(6-8-17)12-23-20(26)15(4)28-18-9-10-19(22)14(3)11-18/h5-11,13,15H,12H2,1-4H3,(H,23,26)(H2,24,25,27). The van der Waals surface area contributed by atoms with Crippen LogP contribution in [0, 0.1) is 6.92 Å². The van der Waals surface area contributed by atoms with Crippen molar-refractivity contribution in [3.63, 3.8) is 0 Å². The topological polar surface area (TPSA) is 79.5 Å². The summed E-state index contributed by atoms with van der Waals surface area (Å²) in [6, 6.07) is 12.4. The minimum atomic E-state index is -0.638. The Balaban J connectivity index is 1.82. The molecule has 2 aromatic carbocycles. The average molecular weight is 404 g/mol. The van der Waals surface area contributed by atoms with Crippen molar-refractivity contribution in [3.8, 4) is 5.75 Å². The molecule has 0 spiro atoms. The van der Waals surface area contributed by atoms with Crippen LogP contribution in [-0.2, 0) is 11.3 Å². The lowest BCUT2D eigenvalue weighted by atomic mass is 10.2. The second-order valence-corrected chi connectivity index (χ2v) is 7.25. The molecule has 0 aliphatic heterocycles. The SMILES string of the molecule is Cc1cc(OC(C)C(=O)NCc2ccc(NC(=O)NC(C)C)cc2)ccc1Cl. The molecule has 0 fully saturated rings. The molecule has 1 unspecified atom stereocenters. The van der Waals surface area contributed by atoms with Crippen molar-refractivity contribution in [2.75, 3.05) is 5.32 Å². The van der Waals surface area contributed by atoms with Gasteiger partial charge in [0, 0.05) is 23.3 Å². The molecule has 6 nitrogen and oxygen atoms in total.